The van der Waals surface area contributed by atoms with Crippen LogP contribution in [0.4, 0.5) is 0 Å². The van der Waals surface area contributed by atoms with Gasteiger partial charge in [0.1, 0.15) is 0 Å². The van der Waals surface area contributed by atoms with Crippen LogP contribution in [0.2, 0.25) is 0 Å². The van der Waals surface area contributed by atoms with E-state index < -0.39 is 18.4 Å². The summed E-state index contributed by atoms with van der Waals surface area (Å²) < 4.78 is 4.51. The van der Waals surface area contributed by atoms with E-state index in [0.29, 0.717) is 0 Å². The van der Waals surface area contributed by atoms with E-state index >= 15 is 0 Å². The minimum Gasteiger partial charge on any atom is -0.433 e. The van der Waals surface area contributed by atoms with Crippen LogP contribution in [0.5, 0.6) is 0 Å². The summed E-state index contributed by atoms with van der Waals surface area (Å²) in [7, 11) is 0. The zero-order chi connectivity index (χ0) is 11.3. The molecule has 14 heavy (non-hydrogen) atoms. The fraction of sp³-hybridized carbons (Fsp3) is 0.667. The quantitative estimate of drug-likeness (QED) is 0.336. The van der Waals surface area contributed by atoms with Gasteiger partial charge in [-0.05, 0) is 20.8 Å². The first-order valence-corrected chi connectivity index (χ1v) is 4.37. The second-order valence-corrected chi connectivity index (χ2v) is 3.21. The number of carbonyl (C=O) groups is 1. The van der Waals surface area contributed by atoms with Gasteiger partial charge in [0.2, 0.25) is 0 Å². The van der Waals surface area contributed by atoms with Crippen molar-refractivity contribution in [3.63, 3.8) is 0 Å². The van der Waals surface area contributed by atoms with E-state index in [2.05, 4.69) is 4.74 Å². The highest BCUT2D eigenvalue weighted by molar-refractivity contribution is 5.88. The van der Waals surface area contributed by atoms with Crippen LogP contribution < -0.4 is 5.73 Å². The van der Waals surface area contributed by atoms with Gasteiger partial charge in [0.15, 0.2) is 6.29 Å². The normalized spacial score (nSPS) is 16.9. The van der Waals surface area contributed by atoms with Gasteiger partial charge in [0.05, 0.1) is 11.7 Å². The Kier molecular flexibility index (Phi) is 5.19. The van der Waals surface area contributed by atoms with Gasteiger partial charge in [-0.3, -0.25) is 0 Å². The van der Waals surface area contributed by atoms with Crippen LogP contribution in [0.15, 0.2) is 11.3 Å². The first kappa shape index (κ1) is 12.9. The summed E-state index contributed by atoms with van der Waals surface area (Å²) in [5.74, 6) is -0.668. The molecule has 0 aliphatic heterocycles. The Morgan fingerprint density at radius 3 is 2.29 bits per heavy atom. The lowest BCUT2D eigenvalue weighted by atomic mass is 10.1. The van der Waals surface area contributed by atoms with Gasteiger partial charge in [-0.1, -0.05) is 0 Å². The van der Waals surface area contributed by atoms with Crippen molar-refractivity contribution in [3.8, 4) is 0 Å². The van der Waals surface area contributed by atoms with E-state index in [1.807, 2.05) is 0 Å². The monoisotopic (exact) mass is 203 g/mol. The van der Waals surface area contributed by atoms with Gasteiger partial charge < -0.3 is 20.7 Å². The second kappa shape index (κ2) is 5.62. The van der Waals surface area contributed by atoms with Crippen LogP contribution >= 0.6 is 0 Å². The van der Waals surface area contributed by atoms with Gasteiger partial charge in [0.25, 0.3) is 0 Å². The molecule has 0 heterocycles. The summed E-state index contributed by atoms with van der Waals surface area (Å²) >= 11 is 0. The Morgan fingerprint density at radius 2 is 1.93 bits per heavy atom. The molecule has 0 aliphatic rings. The molecule has 0 aliphatic carbocycles. The van der Waals surface area contributed by atoms with E-state index in [1.165, 1.54) is 13.8 Å². The van der Waals surface area contributed by atoms with Gasteiger partial charge in [-0.2, -0.15) is 0 Å². The molecule has 0 amide bonds. The number of aliphatic hydroxyl groups is 2. The van der Waals surface area contributed by atoms with E-state index in [9.17, 15) is 4.79 Å². The van der Waals surface area contributed by atoms with Crippen molar-refractivity contribution in [3.05, 3.63) is 11.3 Å². The molecule has 0 aromatic carbocycles. The van der Waals surface area contributed by atoms with Crippen LogP contribution in [0, 0.1) is 0 Å². The molecule has 0 saturated carbocycles. The molecule has 0 aromatic rings. The summed E-state index contributed by atoms with van der Waals surface area (Å²) in [6.07, 6.45) is -1.55. The Labute approximate surface area is 83.2 Å². The highest BCUT2D eigenvalue weighted by Crippen LogP contribution is 2.08. The minimum absolute atomic E-state index is 0.209. The highest BCUT2D eigenvalue weighted by atomic mass is 16.6. The highest BCUT2D eigenvalue weighted by Gasteiger charge is 2.13. The molecular formula is C9H17NO4. The predicted molar refractivity (Wildman–Crippen MR) is 51.0 cm³/mol. The smallest absolute Gasteiger partial charge is 0.337 e. The maximum atomic E-state index is 11.2. The van der Waals surface area contributed by atoms with E-state index in [-0.39, 0.29) is 17.7 Å². The SMILES string of the molecule is CC(C(=O)OC(C)O)=C(N)CC(C)O. The summed E-state index contributed by atoms with van der Waals surface area (Å²) in [5.41, 5.74) is 6.02. The number of hydrogen-bond acceptors (Lipinski definition) is 5. The Balaban J connectivity index is 4.40. The number of aliphatic hydroxyl groups excluding tert-OH is 2. The molecule has 2 atom stereocenters. The summed E-state index contributed by atoms with van der Waals surface area (Å²) in [6, 6.07) is 0. The van der Waals surface area contributed by atoms with Crippen LogP contribution in [0.1, 0.15) is 27.2 Å². The molecule has 0 saturated heterocycles. The molecular weight excluding hydrogens is 186 g/mol. The largest absolute Gasteiger partial charge is 0.433 e. The maximum absolute atomic E-state index is 11.2. The van der Waals surface area contributed by atoms with E-state index in [1.54, 1.807) is 6.92 Å². The van der Waals surface area contributed by atoms with E-state index in [4.69, 9.17) is 15.9 Å². The molecule has 0 bridgehead atoms. The molecule has 2 unspecified atom stereocenters. The van der Waals surface area contributed by atoms with Crippen molar-refractivity contribution in [1.82, 2.24) is 0 Å². The molecule has 0 rings (SSSR count). The van der Waals surface area contributed by atoms with Crippen LogP contribution in [0.25, 0.3) is 0 Å². The number of ether oxygens (including phenoxy) is 1. The number of hydrogen-bond donors (Lipinski definition) is 3. The predicted octanol–water partition coefficient (Wildman–Crippen LogP) is -0.129. The maximum Gasteiger partial charge on any atom is 0.337 e. The fourth-order valence-electron chi connectivity index (χ4n) is 0.846. The van der Waals surface area contributed by atoms with Crippen LogP contribution in [0.3, 0.4) is 0 Å². The molecule has 4 N–H and O–H groups in total. The Bertz CT molecular complexity index is 233. The number of nitrogens with two attached hydrogens (primary N) is 1. The van der Waals surface area contributed by atoms with E-state index in [0.717, 1.165) is 0 Å². The molecule has 0 fully saturated rings. The van der Waals surface area contributed by atoms with Crippen LogP contribution in [-0.4, -0.2) is 28.6 Å². The topological polar surface area (TPSA) is 92.8 Å². The van der Waals surface area contributed by atoms with Crippen molar-refractivity contribution in [1.29, 1.82) is 0 Å². The summed E-state index contributed by atoms with van der Waals surface area (Å²) in [5, 5.41) is 17.8. The van der Waals surface area contributed by atoms with Gasteiger partial charge in [0, 0.05) is 12.1 Å². The molecule has 82 valence electrons. The lowest BCUT2D eigenvalue weighted by Gasteiger charge is -2.10. The summed E-state index contributed by atoms with van der Waals surface area (Å²) in [6.45, 7) is 4.39. The third-order valence-corrected chi connectivity index (χ3v) is 1.58. The van der Waals surface area contributed by atoms with Crippen molar-refractivity contribution < 1.29 is 19.7 Å². The lowest BCUT2D eigenvalue weighted by Crippen LogP contribution is -2.19. The zero-order valence-corrected chi connectivity index (χ0v) is 8.65. The average Bonchev–Trinajstić information content (AvgIpc) is 2.00. The number of rotatable bonds is 4. The minimum atomic E-state index is -1.16. The Morgan fingerprint density at radius 1 is 1.43 bits per heavy atom. The molecule has 0 spiro atoms. The molecule has 5 nitrogen and oxygen atoms in total. The van der Waals surface area contributed by atoms with Crippen molar-refractivity contribution >= 4 is 5.97 Å². The zero-order valence-electron chi connectivity index (χ0n) is 8.65. The number of esters is 1. The number of carbonyl (C=O) groups excluding carboxylic acids is 1. The van der Waals surface area contributed by atoms with Crippen molar-refractivity contribution in [2.75, 3.05) is 0 Å². The van der Waals surface area contributed by atoms with Gasteiger partial charge in [-0.25, -0.2) is 4.79 Å². The third kappa shape index (κ3) is 4.84. The van der Waals surface area contributed by atoms with Gasteiger partial charge in [-0.15, -0.1) is 0 Å². The van der Waals surface area contributed by atoms with Crippen molar-refractivity contribution in [2.45, 2.75) is 39.6 Å². The third-order valence-electron chi connectivity index (χ3n) is 1.58. The molecule has 5 heteroatoms. The van der Waals surface area contributed by atoms with Gasteiger partial charge >= 0.3 is 5.97 Å². The average molecular weight is 203 g/mol. The van der Waals surface area contributed by atoms with Crippen LogP contribution in [-0.2, 0) is 9.53 Å². The Hall–Kier alpha value is -1.07. The first-order chi connectivity index (χ1) is 6.34. The first-order valence-electron chi connectivity index (χ1n) is 4.37. The molecule has 0 aromatic heterocycles. The lowest BCUT2D eigenvalue weighted by molar-refractivity contribution is -0.159. The summed E-state index contributed by atoms with van der Waals surface area (Å²) in [4.78, 5) is 11.2. The standard InChI is InChI=1S/C9H17NO4/c1-5(11)4-8(10)6(2)9(13)14-7(3)12/h5,7,11-12H,4,10H2,1-3H3. The fourth-order valence-corrected chi connectivity index (χ4v) is 0.846. The van der Waals surface area contributed by atoms with Crippen molar-refractivity contribution in [2.24, 2.45) is 5.73 Å². The molecule has 0 radical (unpaired) electrons. The second-order valence-electron chi connectivity index (χ2n) is 3.21.